The van der Waals surface area contributed by atoms with E-state index in [0.29, 0.717) is 12.5 Å². The number of rotatable bonds is 2. The van der Waals surface area contributed by atoms with E-state index in [2.05, 4.69) is 9.97 Å². The predicted octanol–water partition coefficient (Wildman–Crippen LogP) is 1.96. The highest BCUT2D eigenvalue weighted by Crippen LogP contribution is 2.20. The number of ether oxygens (including phenoxy) is 1. The molecule has 0 bridgehead atoms. The Morgan fingerprint density at radius 1 is 1.50 bits per heavy atom. The first-order valence-electron chi connectivity index (χ1n) is 3.96. The Kier molecular flexibility index (Phi) is 1.70. The van der Waals surface area contributed by atoms with Gasteiger partial charge in [0.25, 0.3) is 0 Å². The molecule has 0 aliphatic carbocycles. The van der Waals surface area contributed by atoms with Crippen molar-refractivity contribution in [3.63, 3.8) is 0 Å². The second kappa shape index (κ2) is 2.85. The molecule has 2 rings (SSSR count). The maximum Gasteiger partial charge on any atom is 0.238 e. The van der Waals surface area contributed by atoms with Crippen LogP contribution in [0.4, 0.5) is 0 Å². The lowest BCUT2D eigenvalue weighted by atomic mass is 10.3. The molecule has 1 N–H and O–H groups in total. The van der Waals surface area contributed by atoms with E-state index in [1.54, 1.807) is 6.20 Å². The number of fused-ring (bicyclic) bond motifs is 1. The summed E-state index contributed by atoms with van der Waals surface area (Å²) in [4.78, 5) is 7.20. The molecule has 12 heavy (non-hydrogen) atoms. The van der Waals surface area contributed by atoms with Gasteiger partial charge in [-0.3, -0.25) is 0 Å². The molecule has 0 aliphatic rings. The minimum atomic E-state index is 0.644. The summed E-state index contributed by atoms with van der Waals surface area (Å²) < 4.78 is 5.34. The summed E-state index contributed by atoms with van der Waals surface area (Å²) in [7, 11) is 0. The largest absolute Gasteiger partial charge is 0.476 e. The third-order valence-corrected chi connectivity index (χ3v) is 1.72. The molecule has 3 heteroatoms. The van der Waals surface area contributed by atoms with Crippen molar-refractivity contribution >= 4 is 10.9 Å². The van der Waals surface area contributed by atoms with Crippen LogP contribution in [0.5, 0.6) is 5.88 Å². The number of hydrogen-bond donors (Lipinski definition) is 1. The lowest BCUT2D eigenvalue weighted by molar-refractivity contribution is 0.330. The van der Waals surface area contributed by atoms with Crippen LogP contribution in [-0.4, -0.2) is 16.6 Å². The molecule has 0 saturated carbocycles. The van der Waals surface area contributed by atoms with Crippen molar-refractivity contribution in [1.82, 2.24) is 9.97 Å². The van der Waals surface area contributed by atoms with Crippen LogP contribution in [0.25, 0.3) is 10.9 Å². The van der Waals surface area contributed by atoms with Gasteiger partial charge in [0.1, 0.15) is 5.52 Å². The van der Waals surface area contributed by atoms with Crippen molar-refractivity contribution in [3.05, 3.63) is 24.5 Å². The molecular weight excluding hydrogens is 152 g/mol. The summed E-state index contributed by atoms with van der Waals surface area (Å²) in [5.74, 6) is 0.681. The molecule has 0 atom stereocenters. The molecule has 0 fully saturated rings. The van der Waals surface area contributed by atoms with Gasteiger partial charge in [-0.1, -0.05) is 0 Å². The average Bonchev–Trinajstić information content (AvgIpc) is 2.53. The smallest absolute Gasteiger partial charge is 0.238 e. The normalized spacial score (nSPS) is 10.4. The van der Waals surface area contributed by atoms with Crippen LogP contribution >= 0.6 is 0 Å². The molecule has 0 radical (unpaired) electrons. The van der Waals surface area contributed by atoms with Gasteiger partial charge < -0.3 is 9.72 Å². The fourth-order valence-electron chi connectivity index (χ4n) is 1.20. The van der Waals surface area contributed by atoms with E-state index in [4.69, 9.17) is 4.74 Å². The second-order valence-electron chi connectivity index (χ2n) is 2.49. The zero-order valence-electron chi connectivity index (χ0n) is 6.87. The number of aromatic nitrogens is 2. The van der Waals surface area contributed by atoms with E-state index in [-0.39, 0.29) is 0 Å². The first kappa shape index (κ1) is 7.16. The maximum atomic E-state index is 5.34. The molecule has 0 aliphatic heterocycles. The van der Waals surface area contributed by atoms with E-state index in [1.165, 1.54) is 0 Å². The highest BCUT2D eigenvalue weighted by Gasteiger charge is 2.01. The number of nitrogens with one attached hydrogen (secondary N) is 1. The van der Waals surface area contributed by atoms with Crippen molar-refractivity contribution in [2.24, 2.45) is 0 Å². The highest BCUT2D eigenvalue weighted by atomic mass is 16.5. The van der Waals surface area contributed by atoms with Crippen LogP contribution < -0.4 is 4.74 Å². The van der Waals surface area contributed by atoms with E-state index < -0.39 is 0 Å². The van der Waals surface area contributed by atoms with E-state index in [0.717, 1.165) is 10.9 Å². The van der Waals surface area contributed by atoms with Crippen LogP contribution in [0.15, 0.2) is 24.5 Å². The van der Waals surface area contributed by atoms with Crippen LogP contribution in [0.3, 0.4) is 0 Å². The minimum Gasteiger partial charge on any atom is -0.476 e. The molecule has 2 heterocycles. The van der Waals surface area contributed by atoms with Crippen molar-refractivity contribution in [2.45, 2.75) is 6.92 Å². The molecule has 0 unspecified atom stereocenters. The minimum absolute atomic E-state index is 0.644. The van der Waals surface area contributed by atoms with Gasteiger partial charge in [0.15, 0.2) is 0 Å². The molecule has 2 aromatic heterocycles. The Balaban J connectivity index is 2.57. The van der Waals surface area contributed by atoms with Gasteiger partial charge in [-0.2, -0.15) is 0 Å². The number of nitrogens with zero attached hydrogens (tertiary/aromatic N) is 1. The molecule has 0 spiro atoms. The van der Waals surface area contributed by atoms with Crippen molar-refractivity contribution < 1.29 is 4.74 Å². The van der Waals surface area contributed by atoms with Crippen LogP contribution in [0.1, 0.15) is 6.92 Å². The molecular formula is C9H10N2O. The lowest BCUT2D eigenvalue weighted by Crippen LogP contribution is -1.94. The van der Waals surface area contributed by atoms with Crippen LogP contribution in [0.2, 0.25) is 0 Å². The summed E-state index contributed by atoms with van der Waals surface area (Å²) >= 11 is 0. The van der Waals surface area contributed by atoms with Crippen molar-refractivity contribution in [3.8, 4) is 5.88 Å². The van der Waals surface area contributed by atoms with Gasteiger partial charge in [0.05, 0.1) is 6.61 Å². The third kappa shape index (κ3) is 1.03. The Bertz CT molecular complexity index is 381. The first-order chi connectivity index (χ1) is 5.92. The number of aromatic amines is 1. The van der Waals surface area contributed by atoms with Crippen LogP contribution in [0, 0.1) is 0 Å². The van der Waals surface area contributed by atoms with E-state index in [9.17, 15) is 0 Å². The summed E-state index contributed by atoms with van der Waals surface area (Å²) in [5, 5.41) is 1.13. The zero-order chi connectivity index (χ0) is 8.39. The Morgan fingerprint density at radius 2 is 2.42 bits per heavy atom. The number of pyridine rings is 1. The first-order valence-corrected chi connectivity index (χ1v) is 3.96. The standard InChI is InChI=1S/C9H10N2O/c1-2-12-9-8-7(3-5-10-8)4-6-11-9/h3-6,10H,2H2,1H3. The average molecular weight is 162 g/mol. The number of H-pyrrole nitrogens is 1. The fourth-order valence-corrected chi connectivity index (χ4v) is 1.20. The van der Waals surface area contributed by atoms with Crippen molar-refractivity contribution in [2.75, 3.05) is 6.61 Å². The summed E-state index contributed by atoms with van der Waals surface area (Å²) in [6.45, 7) is 2.59. The van der Waals surface area contributed by atoms with Crippen LogP contribution in [-0.2, 0) is 0 Å². The van der Waals surface area contributed by atoms with E-state index in [1.807, 2.05) is 25.3 Å². The molecule has 0 saturated heterocycles. The quantitative estimate of drug-likeness (QED) is 0.733. The maximum absolute atomic E-state index is 5.34. The molecule has 0 amide bonds. The number of hydrogen-bond acceptors (Lipinski definition) is 2. The topological polar surface area (TPSA) is 37.9 Å². The molecule has 2 aromatic rings. The van der Waals surface area contributed by atoms with Gasteiger partial charge in [0.2, 0.25) is 5.88 Å². The van der Waals surface area contributed by atoms with Gasteiger partial charge >= 0.3 is 0 Å². The van der Waals surface area contributed by atoms with Gasteiger partial charge in [-0.25, -0.2) is 4.98 Å². The molecule has 62 valence electrons. The highest BCUT2D eigenvalue weighted by molar-refractivity contribution is 5.83. The SMILES string of the molecule is CCOc1nccc2cc[nH]c12. The zero-order valence-corrected chi connectivity index (χ0v) is 6.87. The predicted molar refractivity (Wildman–Crippen MR) is 47.3 cm³/mol. The summed E-state index contributed by atoms with van der Waals surface area (Å²) in [6.07, 6.45) is 3.63. The van der Waals surface area contributed by atoms with Gasteiger partial charge in [-0.05, 0) is 19.1 Å². The van der Waals surface area contributed by atoms with Gasteiger partial charge in [-0.15, -0.1) is 0 Å². The lowest BCUT2D eigenvalue weighted by Gasteiger charge is -2.01. The Labute approximate surface area is 70.4 Å². The van der Waals surface area contributed by atoms with E-state index >= 15 is 0 Å². The van der Waals surface area contributed by atoms with Crippen molar-refractivity contribution in [1.29, 1.82) is 0 Å². The Hall–Kier alpha value is -1.51. The monoisotopic (exact) mass is 162 g/mol. The molecule has 0 aromatic carbocycles. The molecule has 3 nitrogen and oxygen atoms in total. The van der Waals surface area contributed by atoms with Gasteiger partial charge in [0, 0.05) is 17.8 Å². The summed E-state index contributed by atoms with van der Waals surface area (Å²) in [6, 6.07) is 3.95. The third-order valence-electron chi connectivity index (χ3n) is 1.72. The summed E-state index contributed by atoms with van der Waals surface area (Å²) in [5.41, 5.74) is 0.972. The Morgan fingerprint density at radius 3 is 3.25 bits per heavy atom. The second-order valence-corrected chi connectivity index (χ2v) is 2.49. The fraction of sp³-hybridized carbons (Fsp3) is 0.222.